The summed E-state index contributed by atoms with van der Waals surface area (Å²) >= 11 is 0. The molecule has 6 aromatic carbocycles. The molecule has 1 heterocycles. The van der Waals surface area contributed by atoms with Gasteiger partial charge in [0.25, 0.3) is 0 Å². The summed E-state index contributed by atoms with van der Waals surface area (Å²) in [5.74, 6) is 0. The molecule has 0 aliphatic carbocycles. The molecule has 1 saturated heterocycles. The molecular weight excluding hydrogens is 547 g/mol. The van der Waals surface area contributed by atoms with Crippen molar-refractivity contribution in [2.75, 3.05) is 0 Å². The summed E-state index contributed by atoms with van der Waals surface area (Å²) < 4.78 is 12.8. The molecule has 0 radical (unpaired) electrons. The maximum Gasteiger partial charge on any atom is 0.494 e. The van der Waals surface area contributed by atoms with Crippen molar-refractivity contribution in [3.05, 3.63) is 152 Å². The molecule has 0 saturated carbocycles. The average Bonchev–Trinajstić information content (AvgIpc) is 3.31. The molecule has 0 unspecified atom stereocenters. The Morgan fingerprint density at radius 3 is 1.11 bits per heavy atom. The van der Waals surface area contributed by atoms with Crippen molar-refractivity contribution in [3.8, 4) is 55.6 Å². The lowest BCUT2D eigenvalue weighted by atomic mass is 9.76. The molecule has 6 aromatic rings. The molecular formula is C42H37BO2. The molecule has 0 amide bonds. The number of hydrogen-bond acceptors (Lipinski definition) is 2. The average molecular weight is 585 g/mol. The Morgan fingerprint density at radius 1 is 0.378 bits per heavy atom. The monoisotopic (exact) mass is 584 g/mol. The Labute approximate surface area is 267 Å². The van der Waals surface area contributed by atoms with Gasteiger partial charge >= 0.3 is 7.12 Å². The van der Waals surface area contributed by atoms with Crippen LogP contribution in [0.25, 0.3) is 55.6 Å². The first-order chi connectivity index (χ1) is 21.8. The van der Waals surface area contributed by atoms with E-state index in [1.165, 1.54) is 50.1 Å². The third-order valence-corrected chi connectivity index (χ3v) is 9.35. The van der Waals surface area contributed by atoms with E-state index in [2.05, 4.69) is 179 Å². The second-order valence-corrected chi connectivity index (χ2v) is 12.8. The summed E-state index contributed by atoms with van der Waals surface area (Å²) in [4.78, 5) is 0. The largest absolute Gasteiger partial charge is 0.494 e. The maximum absolute atomic E-state index is 6.39. The normalized spacial score (nSPS) is 15.2. The molecule has 7 rings (SSSR count). The van der Waals surface area contributed by atoms with Crippen LogP contribution in [0.15, 0.2) is 152 Å². The van der Waals surface area contributed by atoms with E-state index in [4.69, 9.17) is 9.31 Å². The molecule has 1 aliphatic rings. The van der Waals surface area contributed by atoms with Gasteiger partial charge in [-0.2, -0.15) is 0 Å². The lowest BCUT2D eigenvalue weighted by Gasteiger charge is -2.32. The lowest BCUT2D eigenvalue weighted by molar-refractivity contribution is 0.00578. The van der Waals surface area contributed by atoms with Crippen molar-refractivity contribution in [3.63, 3.8) is 0 Å². The summed E-state index contributed by atoms with van der Waals surface area (Å²) in [6, 6.07) is 54.3. The van der Waals surface area contributed by atoms with Crippen LogP contribution in [0.1, 0.15) is 27.7 Å². The van der Waals surface area contributed by atoms with Crippen LogP contribution >= 0.6 is 0 Å². The predicted molar refractivity (Wildman–Crippen MR) is 189 cm³/mol. The molecule has 220 valence electrons. The Kier molecular flexibility index (Phi) is 7.53. The highest BCUT2D eigenvalue weighted by Gasteiger charge is 2.51. The van der Waals surface area contributed by atoms with Crippen molar-refractivity contribution in [1.82, 2.24) is 0 Å². The van der Waals surface area contributed by atoms with E-state index in [1.807, 2.05) is 0 Å². The van der Waals surface area contributed by atoms with Gasteiger partial charge in [0.05, 0.1) is 11.2 Å². The van der Waals surface area contributed by atoms with Gasteiger partial charge in [-0.25, -0.2) is 0 Å². The minimum atomic E-state index is -0.405. The van der Waals surface area contributed by atoms with Crippen LogP contribution < -0.4 is 5.46 Å². The Hall–Kier alpha value is -4.70. The topological polar surface area (TPSA) is 18.5 Å². The molecule has 0 aromatic heterocycles. The molecule has 1 fully saturated rings. The van der Waals surface area contributed by atoms with Gasteiger partial charge in [-0.15, -0.1) is 0 Å². The molecule has 0 spiro atoms. The number of hydrogen-bond donors (Lipinski definition) is 0. The van der Waals surface area contributed by atoms with E-state index < -0.39 is 7.12 Å². The number of benzene rings is 6. The van der Waals surface area contributed by atoms with E-state index in [9.17, 15) is 0 Å². The zero-order chi connectivity index (χ0) is 31.0. The van der Waals surface area contributed by atoms with Crippen LogP contribution in [0.3, 0.4) is 0 Å². The van der Waals surface area contributed by atoms with E-state index in [0.717, 1.165) is 11.0 Å². The van der Waals surface area contributed by atoms with Crippen LogP contribution in [0, 0.1) is 0 Å². The highest BCUT2D eigenvalue weighted by Crippen LogP contribution is 2.50. The first-order valence-electron chi connectivity index (χ1n) is 15.7. The first kappa shape index (κ1) is 29.0. The van der Waals surface area contributed by atoms with Gasteiger partial charge in [-0.1, -0.05) is 146 Å². The molecule has 2 nitrogen and oxygen atoms in total. The van der Waals surface area contributed by atoms with Gasteiger partial charge in [-0.3, -0.25) is 0 Å². The minimum absolute atomic E-state index is 0.390. The third kappa shape index (κ3) is 5.44. The fourth-order valence-electron chi connectivity index (χ4n) is 6.26. The zero-order valence-electron chi connectivity index (χ0n) is 26.3. The molecule has 45 heavy (non-hydrogen) atoms. The number of rotatable bonds is 6. The van der Waals surface area contributed by atoms with E-state index in [1.54, 1.807) is 0 Å². The molecule has 3 heteroatoms. The Morgan fingerprint density at radius 2 is 0.711 bits per heavy atom. The summed E-state index contributed by atoms with van der Waals surface area (Å²) in [7, 11) is -0.405. The lowest BCUT2D eigenvalue weighted by Crippen LogP contribution is -2.41. The van der Waals surface area contributed by atoms with Crippen molar-refractivity contribution in [2.24, 2.45) is 0 Å². The van der Waals surface area contributed by atoms with Gasteiger partial charge < -0.3 is 9.31 Å². The quantitative estimate of drug-likeness (QED) is 0.181. The van der Waals surface area contributed by atoms with Crippen molar-refractivity contribution < 1.29 is 9.31 Å². The van der Waals surface area contributed by atoms with Crippen LogP contribution in [-0.2, 0) is 9.31 Å². The van der Waals surface area contributed by atoms with Gasteiger partial charge in [-0.05, 0) is 94.9 Å². The van der Waals surface area contributed by atoms with E-state index in [-0.39, 0.29) is 11.2 Å². The molecule has 0 N–H and O–H groups in total. The van der Waals surface area contributed by atoms with Gasteiger partial charge in [0, 0.05) is 0 Å². The second kappa shape index (κ2) is 11.7. The highest BCUT2D eigenvalue weighted by molar-refractivity contribution is 6.62. The summed E-state index contributed by atoms with van der Waals surface area (Å²) in [5.41, 5.74) is 12.2. The Bertz CT molecular complexity index is 1900. The SMILES string of the molecule is CC1(C)OB(c2ccc(-c3cc(-c4ccccc4)c(-c4ccccc4)c(-c4ccccc4)c3-c3ccccc3)cc2)OC1(C)C. The van der Waals surface area contributed by atoms with Gasteiger partial charge in [0.1, 0.15) is 0 Å². The fraction of sp³-hybridized carbons (Fsp3) is 0.143. The van der Waals surface area contributed by atoms with Crippen LogP contribution in [0.4, 0.5) is 0 Å². The third-order valence-electron chi connectivity index (χ3n) is 9.35. The summed E-state index contributed by atoms with van der Waals surface area (Å²) in [6.45, 7) is 8.38. The summed E-state index contributed by atoms with van der Waals surface area (Å²) in [5, 5.41) is 0. The van der Waals surface area contributed by atoms with Crippen LogP contribution in [-0.4, -0.2) is 18.3 Å². The standard InChI is InChI=1S/C42H37BO2/c1-41(2)42(3,4)45-43(44-41)35-27-25-31(26-28-35)37-29-36(30-17-9-5-10-18-30)38(32-19-11-6-12-20-32)40(34-23-15-8-16-24-34)39(37)33-21-13-7-14-22-33/h5-29H,1-4H3. The van der Waals surface area contributed by atoms with Crippen LogP contribution in [0.2, 0.25) is 0 Å². The smallest absolute Gasteiger partial charge is 0.399 e. The van der Waals surface area contributed by atoms with Crippen LogP contribution in [0.5, 0.6) is 0 Å². The van der Waals surface area contributed by atoms with E-state index >= 15 is 0 Å². The minimum Gasteiger partial charge on any atom is -0.399 e. The van der Waals surface area contributed by atoms with Crippen molar-refractivity contribution in [2.45, 2.75) is 38.9 Å². The van der Waals surface area contributed by atoms with Crippen molar-refractivity contribution in [1.29, 1.82) is 0 Å². The second-order valence-electron chi connectivity index (χ2n) is 12.8. The predicted octanol–water partition coefficient (Wildman–Crippen LogP) is 10.3. The molecule has 1 aliphatic heterocycles. The summed E-state index contributed by atoms with van der Waals surface area (Å²) in [6.07, 6.45) is 0. The fourth-order valence-corrected chi connectivity index (χ4v) is 6.26. The van der Waals surface area contributed by atoms with Crippen molar-refractivity contribution >= 4 is 12.6 Å². The molecule has 0 atom stereocenters. The maximum atomic E-state index is 6.39. The molecule has 0 bridgehead atoms. The van der Waals surface area contributed by atoms with E-state index in [0.29, 0.717) is 0 Å². The zero-order valence-corrected chi connectivity index (χ0v) is 26.3. The highest BCUT2D eigenvalue weighted by atomic mass is 16.7. The van der Waals surface area contributed by atoms with Gasteiger partial charge in [0.15, 0.2) is 0 Å². The van der Waals surface area contributed by atoms with Gasteiger partial charge in [0.2, 0.25) is 0 Å². The first-order valence-corrected chi connectivity index (χ1v) is 15.7. The Balaban J connectivity index is 1.52.